The number of carbonyl (C=O) groups excluding carboxylic acids is 2. The van der Waals surface area contributed by atoms with E-state index < -0.39 is 0 Å². The molecule has 4 N–H and O–H groups in total. The fourth-order valence-electron chi connectivity index (χ4n) is 3.32. The molecule has 6 nitrogen and oxygen atoms in total. The van der Waals surface area contributed by atoms with E-state index in [4.69, 9.17) is 5.84 Å². The molecular formula is C15H20N4O2. The van der Waals surface area contributed by atoms with Gasteiger partial charge in [0, 0.05) is 24.7 Å². The Morgan fingerprint density at radius 1 is 1.38 bits per heavy atom. The van der Waals surface area contributed by atoms with Crippen molar-refractivity contribution in [3.8, 4) is 0 Å². The number of amides is 2. The molecule has 0 radical (unpaired) electrons. The standard InChI is InChI=1S/C15H20N4O2/c16-18-14(20)11-5-3-10(4-6-11)9-19-7-1-2-12-13(19)8-17-15(12)21/h3-6,12-13H,1-2,7-9,16H2,(H,17,21)(H,18,20). The molecule has 1 aromatic rings. The molecule has 2 fully saturated rings. The second-order valence-electron chi connectivity index (χ2n) is 5.70. The summed E-state index contributed by atoms with van der Waals surface area (Å²) in [4.78, 5) is 25.5. The van der Waals surface area contributed by atoms with Crippen molar-refractivity contribution in [2.45, 2.75) is 25.4 Å². The first kappa shape index (κ1) is 14.0. The Morgan fingerprint density at radius 3 is 2.86 bits per heavy atom. The van der Waals surface area contributed by atoms with Gasteiger partial charge in [0.2, 0.25) is 5.91 Å². The van der Waals surface area contributed by atoms with E-state index in [0.29, 0.717) is 11.6 Å². The van der Waals surface area contributed by atoms with Crippen LogP contribution in [-0.2, 0) is 11.3 Å². The van der Waals surface area contributed by atoms with E-state index in [2.05, 4.69) is 15.6 Å². The lowest BCUT2D eigenvalue weighted by Gasteiger charge is -2.35. The first-order valence-corrected chi connectivity index (χ1v) is 7.30. The average Bonchev–Trinajstić information content (AvgIpc) is 2.90. The molecule has 0 bridgehead atoms. The summed E-state index contributed by atoms with van der Waals surface area (Å²) in [6, 6.07) is 7.74. The highest BCUT2D eigenvalue weighted by atomic mass is 16.2. The van der Waals surface area contributed by atoms with E-state index in [1.54, 1.807) is 12.1 Å². The number of nitrogens with one attached hydrogen (secondary N) is 2. The van der Waals surface area contributed by atoms with E-state index in [1.165, 1.54) is 0 Å². The zero-order valence-electron chi connectivity index (χ0n) is 11.8. The van der Waals surface area contributed by atoms with Crippen molar-refractivity contribution >= 4 is 11.8 Å². The topological polar surface area (TPSA) is 87.5 Å². The van der Waals surface area contributed by atoms with E-state index in [9.17, 15) is 9.59 Å². The van der Waals surface area contributed by atoms with Crippen LogP contribution < -0.4 is 16.6 Å². The fraction of sp³-hybridized carbons (Fsp3) is 0.467. The SMILES string of the molecule is NNC(=O)c1ccc(CN2CCCC3C(=O)NCC32)cc1. The lowest BCUT2D eigenvalue weighted by molar-refractivity contribution is -0.124. The molecule has 2 amide bonds. The first-order chi connectivity index (χ1) is 10.2. The van der Waals surface area contributed by atoms with E-state index >= 15 is 0 Å². The maximum atomic E-state index is 11.8. The van der Waals surface area contributed by atoms with Gasteiger partial charge in [0.05, 0.1) is 5.92 Å². The quantitative estimate of drug-likeness (QED) is 0.415. The number of carbonyl (C=O) groups is 2. The van der Waals surface area contributed by atoms with Crippen LogP contribution in [0.1, 0.15) is 28.8 Å². The molecule has 0 spiro atoms. The number of fused-ring (bicyclic) bond motifs is 1. The molecule has 2 aliphatic heterocycles. The maximum Gasteiger partial charge on any atom is 0.265 e. The van der Waals surface area contributed by atoms with E-state index in [-0.39, 0.29) is 17.7 Å². The Balaban J connectivity index is 1.68. The molecule has 2 heterocycles. The van der Waals surface area contributed by atoms with Gasteiger partial charge < -0.3 is 5.32 Å². The second kappa shape index (κ2) is 5.83. The van der Waals surface area contributed by atoms with E-state index in [1.807, 2.05) is 12.1 Å². The monoisotopic (exact) mass is 288 g/mol. The molecule has 2 saturated heterocycles. The lowest BCUT2D eigenvalue weighted by atomic mass is 9.91. The minimum atomic E-state index is -0.287. The number of hydrazine groups is 1. The predicted molar refractivity (Wildman–Crippen MR) is 78.0 cm³/mol. The highest BCUT2D eigenvalue weighted by Gasteiger charge is 2.40. The Labute approximate surface area is 123 Å². The fourth-order valence-corrected chi connectivity index (χ4v) is 3.32. The molecule has 0 saturated carbocycles. The van der Waals surface area contributed by atoms with Gasteiger partial charge in [0.15, 0.2) is 0 Å². The molecule has 2 aliphatic rings. The van der Waals surface area contributed by atoms with Crippen molar-refractivity contribution in [3.63, 3.8) is 0 Å². The van der Waals surface area contributed by atoms with Gasteiger partial charge in [0.1, 0.15) is 0 Å². The number of nitrogens with two attached hydrogens (primary N) is 1. The molecular weight excluding hydrogens is 268 g/mol. The molecule has 1 aromatic carbocycles. The molecule has 6 heteroatoms. The highest BCUT2D eigenvalue weighted by Crippen LogP contribution is 2.28. The summed E-state index contributed by atoms with van der Waals surface area (Å²) < 4.78 is 0. The van der Waals surface area contributed by atoms with Crippen LogP contribution in [0.5, 0.6) is 0 Å². The van der Waals surface area contributed by atoms with Crippen molar-refractivity contribution in [1.29, 1.82) is 0 Å². The van der Waals surface area contributed by atoms with Crippen LogP contribution >= 0.6 is 0 Å². The van der Waals surface area contributed by atoms with Gasteiger partial charge in [-0.25, -0.2) is 5.84 Å². The minimum absolute atomic E-state index is 0.140. The first-order valence-electron chi connectivity index (χ1n) is 7.30. The van der Waals surface area contributed by atoms with Crippen molar-refractivity contribution in [3.05, 3.63) is 35.4 Å². The van der Waals surface area contributed by atoms with Gasteiger partial charge in [-0.3, -0.25) is 19.9 Å². The van der Waals surface area contributed by atoms with Crippen LogP contribution in [0.4, 0.5) is 0 Å². The third-order valence-corrected chi connectivity index (χ3v) is 4.45. The number of hydrogen-bond donors (Lipinski definition) is 3. The average molecular weight is 288 g/mol. The smallest absolute Gasteiger partial charge is 0.265 e. The Morgan fingerprint density at radius 2 is 2.14 bits per heavy atom. The second-order valence-corrected chi connectivity index (χ2v) is 5.70. The summed E-state index contributed by atoms with van der Waals surface area (Å²) in [7, 11) is 0. The lowest BCUT2D eigenvalue weighted by Crippen LogP contribution is -2.44. The number of rotatable bonds is 3. The Kier molecular flexibility index (Phi) is 3.90. The minimum Gasteiger partial charge on any atom is -0.354 e. The molecule has 0 aromatic heterocycles. The van der Waals surface area contributed by atoms with Crippen LogP contribution in [0, 0.1) is 5.92 Å². The van der Waals surface area contributed by atoms with Gasteiger partial charge in [-0.15, -0.1) is 0 Å². The van der Waals surface area contributed by atoms with Gasteiger partial charge >= 0.3 is 0 Å². The molecule has 2 unspecified atom stereocenters. The molecule has 21 heavy (non-hydrogen) atoms. The normalized spacial score (nSPS) is 25.3. The summed E-state index contributed by atoms with van der Waals surface area (Å²) in [5.41, 5.74) is 3.82. The van der Waals surface area contributed by atoms with Gasteiger partial charge in [-0.2, -0.15) is 0 Å². The number of hydrogen-bond acceptors (Lipinski definition) is 4. The number of piperidine rings is 1. The third-order valence-electron chi connectivity index (χ3n) is 4.45. The van der Waals surface area contributed by atoms with Gasteiger partial charge in [0.25, 0.3) is 5.91 Å². The summed E-state index contributed by atoms with van der Waals surface area (Å²) in [6.45, 7) is 2.57. The third kappa shape index (κ3) is 2.77. The Hall–Kier alpha value is -1.92. The van der Waals surface area contributed by atoms with Gasteiger partial charge in [-0.1, -0.05) is 12.1 Å². The van der Waals surface area contributed by atoms with Crippen molar-refractivity contribution in [1.82, 2.24) is 15.6 Å². The predicted octanol–water partition coefficient (Wildman–Crippen LogP) is 0.000500. The van der Waals surface area contributed by atoms with Crippen LogP contribution in [-0.4, -0.2) is 35.8 Å². The number of likely N-dealkylation sites (tertiary alicyclic amines) is 1. The zero-order valence-corrected chi connectivity index (χ0v) is 11.8. The Bertz CT molecular complexity index is 543. The van der Waals surface area contributed by atoms with Crippen LogP contribution in [0.25, 0.3) is 0 Å². The molecule has 3 rings (SSSR count). The number of nitrogens with zero attached hydrogens (tertiary/aromatic N) is 1. The molecule has 0 aliphatic carbocycles. The largest absolute Gasteiger partial charge is 0.354 e. The van der Waals surface area contributed by atoms with Crippen molar-refractivity contribution < 1.29 is 9.59 Å². The van der Waals surface area contributed by atoms with Crippen LogP contribution in [0.15, 0.2) is 24.3 Å². The highest BCUT2D eigenvalue weighted by molar-refractivity contribution is 5.93. The van der Waals surface area contributed by atoms with Gasteiger partial charge in [-0.05, 0) is 37.1 Å². The summed E-state index contributed by atoms with van der Waals surface area (Å²) >= 11 is 0. The zero-order chi connectivity index (χ0) is 14.8. The van der Waals surface area contributed by atoms with Crippen molar-refractivity contribution in [2.75, 3.05) is 13.1 Å². The molecule has 112 valence electrons. The summed E-state index contributed by atoms with van der Waals surface area (Å²) in [6.07, 6.45) is 2.05. The number of benzene rings is 1. The van der Waals surface area contributed by atoms with Crippen LogP contribution in [0.2, 0.25) is 0 Å². The number of nitrogen functional groups attached to an aromatic ring is 1. The molecule has 2 atom stereocenters. The van der Waals surface area contributed by atoms with E-state index in [0.717, 1.165) is 38.0 Å². The van der Waals surface area contributed by atoms with Crippen molar-refractivity contribution in [2.24, 2.45) is 11.8 Å². The summed E-state index contributed by atoms with van der Waals surface area (Å²) in [5, 5.41) is 2.96. The van der Waals surface area contributed by atoms with Crippen LogP contribution in [0.3, 0.4) is 0 Å². The maximum absolute atomic E-state index is 11.8. The summed E-state index contributed by atoms with van der Waals surface area (Å²) in [5.74, 6) is 5.16.